The molecule has 6 nitrogen and oxygen atoms in total. The molecule has 206 valence electrons. The van der Waals surface area contributed by atoms with Gasteiger partial charge in [-0.15, -0.1) is 0 Å². The van der Waals surface area contributed by atoms with Gasteiger partial charge < -0.3 is 18.9 Å². The van der Waals surface area contributed by atoms with E-state index >= 15 is 0 Å². The molecule has 0 heterocycles. The Morgan fingerprint density at radius 2 is 1.11 bits per heavy atom. The van der Waals surface area contributed by atoms with Crippen LogP contribution in [0.5, 0.6) is 23.0 Å². The Morgan fingerprint density at radius 3 is 1.54 bits per heavy atom. The van der Waals surface area contributed by atoms with Crippen molar-refractivity contribution in [2.45, 2.75) is 111 Å². The van der Waals surface area contributed by atoms with E-state index < -0.39 is 0 Å². The summed E-state index contributed by atoms with van der Waals surface area (Å²) < 4.78 is 23.1. The summed E-state index contributed by atoms with van der Waals surface area (Å²) in [7, 11) is 2.99. The number of hydrogen-bond donors (Lipinski definition) is 0. The van der Waals surface area contributed by atoms with Crippen LogP contribution < -0.4 is 18.9 Å². The second-order valence-corrected chi connectivity index (χ2v) is 9.96. The highest BCUT2D eigenvalue weighted by atomic mass is 16.6. The molecule has 2 aromatic carbocycles. The fourth-order valence-electron chi connectivity index (χ4n) is 4.41. The first-order valence-electron chi connectivity index (χ1n) is 14.0. The van der Waals surface area contributed by atoms with E-state index in [0.717, 1.165) is 56.9 Å². The fourth-order valence-corrected chi connectivity index (χ4v) is 4.41. The first-order valence-corrected chi connectivity index (χ1v) is 14.0. The molecule has 6 heteroatoms. The highest BCUT2D eigenvalue weighted by Crippen LogP contribution is 2.51. The molecule has 0 aliphatic heterocycles. The lowest BCUT2D eigenvalue weighted by molar-refractivity contribution is -0.135. The number of unbranched alkanes of at least 4 members (excludes halogenated alkanes) is 8. The van der Waals surface area contributed by atoms with E-state index in [1.165, 1.54) is 27.1 Å². The molecule has 0 radical (unpaired) electrons. The molecule has 0 bridgehead atoms. The molecule has 0 amide bonds. The van der Waals surface area contributed by atoms with Crippen LogP contribution in [0.15, 0.2) is 18.2 Å². The van der Waals surface area contributed by atoms with Crippen LogP contribution in [0.1, 0.15) is 116 Å². The predicted molar refractivity (Wildman–Crippen MR) is 149 cm³/mol. The summed E-state index contributed by atoms with van der Waals surface area (Å²) in [5.41, 5.74) is 1.07. The van der Waals surface area contributed by atoms with E-state index in [1.54, 1.807) is 0 Å². The van der Waals surface area contributed by atoms with Gasteiger partial charge in [-0.1, -0.05) is 91.2 Å². The quantitative estimate of drug-likeness (QED) is 0.120. The summed E-state index contributed by atoms with van der Waals surface area (Å²) in [5, 5.41) is 1.31. The molecule has 0 aromatic heterocycles. The zero-order valence-electron chi connectivity index (χ0n) is 23.7. The largest absolute Gasteiger partial charge is 0.490 e. The number of hydrogen-bond acceptors (Lipinski definition) is 6. The Bertz CT molecular complexity index is 1010. The lowest BCUT2D eigenvalue weighted by Crippen LogP contribution is -2.12. The first-order chi connectivity index (χ1) is 17.9. The summed E-state index contributed by atoms with van der Waals surface area (Å²) in [4.78, 5) is 25.6. The van der Waals surface area contributed by atoms with E-state index in [9.17, 15) is 9.59 Å². The summed E-state index contributed by atoms with van der Waals surface area (Å²) in [6.45, 7) is 8.53. The van der Waals surface area contributed by atoms with Gasteiger partial charge in [-0.05, 0) is 30.4 Å². The molecule has 0 saturated carbocycles. The first kappa shape index (κ1) is 30.5. The predicted octanol–water partition coefficient (Wildman–Crippen LogP) is 8.51. The van der Waals surface area contributed by atoms with Crippen molar-refractivity contribution in [3.8, 4) is 23.0 Å². The van der Waals surface area contributed by atoms with Crippen LogP contribution in [0.2, 0.25) is 0 Å². The molecule has 0 atom stereocenters. The number of methoxy groups -OCH3 is 2. The molecule has 0 unspecified atom stereocenters. The highest BCUT2D eigenvalue weighted by molar-refractivity contribution is 6.01. The molecule has 0 fully saturated rings. The number of esters is 2. The fraction of sp³-hybridized carbons (Fsp3) is 0.613. The average Bonchev–Trinajstić information content (AvgIpc) is 2.88. The molecule has 2 rings (SSSR count). The van der Waals surface area contributed by atoms with Crippen molar-refractivity contribution in [1.82, 2.24) is 0 Å². The maximum Gasteiger partial charge on any atom is 0.311 e. The summed E-state index contributed by atoms with van der Waals surface area (Å²) in [6.07, 6.45) is 11.1. The summed E-state index contributed by atoms with van der Waals surface area (Å²) in [5.74, 6) is 0.720. The van der Waals surface area contributed by atoms with Crippen molar-refractivity contribution in [3.05, 3.63) is 23.8 Å². The van der Waals surface area contributed by atoms with Crippen LogP contribution in [0.3, 0.4) is 0 Å². The Kier molecular flexibility index (Phi) is 13.3. The lowest BCUT2D eigenvalue weighted by Gasteiger charge is -2.20. The second-order valence-electron chi connectivity index (χ2n) is 9.96. The number of benzene rings is 2. The van der Waals surface area contributed by atoms with E-state index in [0.29, 0.717) is 35.1 Å². The number of carbonyl (C=O) groups is 2. The van der Waals surface area contributed by atoms with E-state index in [-0.39, 0.29) is 29.4 Å². The van der Waals surface area contributed by atoms with Gasteiger partial charge in [0.25, 0.3) is 0 Å². The van der Waals surface area contributed by atoms with Gasteiger partial charge in [-0.2, -0.15) is 0 Å². The van der Waals surface area contributed by atoms with Crippen molar-refractivity contribution in [2.75, 3.05) is 14.2 Å². The average molecular weight is 515 g/mol. The van der Waals surface area contributed by atoms with Crippen LogP contribution in [0, 0.1) is 0 Å². The van der Waals surface area contributed by atoms with Crippen LogP contribution in [0.25, 0.3) is 10.8 Å². The summed E-state index contributed by atoms with van der Waals surface area (Å²) >= 11 is 0. The number of fused-ring (bicyclic) bond motifs is 1. The van der Waals surface area contributed by atoms with Gasteiger partial charge in [0.05, 0.1) is 14.2 Å². The minimum Gasteiger partial charge on any atom is -0.490 e. The zero-order valence-corrected chi connectivity index (χ0v) is 23.7. The van der Waals surface area contributed by atoms with Crippen LogP contribution in [-0.4, -0.2) is 26.2 Å². The molecule has 0 spiro atoms. The van der Waals surface area contributed by atoms with Crippen molar-refractivity contribution < 1.29 is 28.5 Å². The third kappa shape index (κ3) is 8.94. The van der Waals surface area contributed by atoms with Crippen molar-refractivity contribution in [1.29, 1.82) is 0 Å². The molecular weight excluding hydrogens is 468 g/mol. The monoisotopic (exact) mass is 514 g/mol. The summed E-state index contributed by atoms with van der Waals surface area (Å²) in [6, 6.07) is 5.88. The van der Waals surface area contributed by atoms with Crippen LogP contribution in [0.4, 0.5) is 0 Å². The minimum absolute atomic E-state index is 0.248. The van der Waals surface area contributed by atoms with Gasteiger partial charge >= 0.3 is 11.9 Å². The zero-order chi connectivity index (χ0) is 27.2. The van der Waals surface area contributed by atoms with E-state index in [4.69, 9.17) is 18.9 Å². The highest BCUT2D eigenvalue weighted by Gasteiger charge is 2.27. The van der Waals surface area contributed by atoms with Crippen LogP contribution in [-0.2, 0) is 9.59 Å². The molecule has 2 aromatic rings. The SMILES string of the molecule is CCCCCCCC(=O)Oc1c(OC)c(OC)c(OC(=O)CCCCCCC)c2cc(C(C)C)ccc12. The van der Waals surface area contributed by atoms with Gasteiger partial charge in [-0.25, -0.2) is 0 Å². The Labute approximate surface area is 223 Å². The molecule has 37 heavy (non-hydrogen) atoms. The minimum atomic E-state index is -0.317. The third-order valence-corrected chi connectivity index (χ3v) is 6.63. The lowest BCUT2D eigenvalue weighted by atomic mass is 9.97. The third-order valence-electron chi connectivity index (χ3n) is 6.63. The number of carbonyl (C=O) groups excluding carboxylic acids is 2. The second kappa shape index (κ2) is 16.2. The molecule has 0 N–H and O–H groups in total. The molecule has 0 aliphatic carbocycles. The molecule has 0 saturated heterocycles. The van der Waals surface area contributed by atoms with Gasteiger partial charge in [0.15, 0.2) is 11.5 Å². The number of rotatable bonds is 17. The van der Waals surface area contributed by atoms with E-state index in [1.807, 2.05) is 18.2 Å². The standard InChI is InChI=1S/C31H46O6/c1-7-9-11-13-15-17-26(32)36-28-24-20-19-23(22(3)4)21-25(24)29(31(35-6)30(28)34-5)37-27(33)18-16-14-12-10-8-2/h19-22H,7-18H2,1-6H3. The maximum absolute atomic E-state index is 12.8. The normalized spacial score (nSPS) is 11.1. The molecular formula is C31H46O6. The van der Waals surface area contributed by atoms with Gasteiger partial charge in [0.2, 0.25) is 11.5 Å². The maximum atomic E-state index is 12.8. The van der Waals surface area contributed by atoms with Crippen LogP contribution >= 0.6 is 0 Å². The van der Waals surface area contributed by atoms with Crippen molar-refractivity contribution >= 4 is 22.7 Å². The Morgan fingerprint density at radius 1 is 0.649 bits per heavy atom. The topological polar surface area (TPSA) is 71.1 Å². The van der Waals surface area contributed by atoms with Crippen molar-refractivity contribution in [2.24, 2.45) is 0 Å². The van der Waals surface area contributed by atoms with Gasteiger partial charge in [0, 0.05) is 23.6 Å². The smallest absolute Gasteiger partial charge is 0.311 e. The van der Waals surface area contributed by atoms with E-state index in [2.05, 4.69) is 27.7 Å². The molecule has 0 aliphatic rings. The van der Waals surface area contributed by atoms with Gasteiger partial charge in [0.1, 0.15) is 0 Å². The van der Waals surface area contributed by atoms with Crippen molar-refractivity contribution in [3.63, 3.8) is 0 Å². The Balaban J connectivity index is 2.42. The van der Waals surface area contributed by atoms with Gasteiger partial charge in [-0.3, -0.25) is 9.59 Å². The Hall–Kier alpha value is -2.76. The number of ether oxygens (including phenoxy) is 4.